The van der Waals surface area contributed by atoms with Gasteiger partial charge in [-0.3, -0.25) is 0 Å². The van der Waals surface area contributed by atoms with E-state index in [2.05, 4.69) is 22.4 Å². The molecule has 0 spiro atoms. The summed E-state index contributed by atoms with van der Waals surface area (Å²) in [5, 5.41) is 5.28. The van der Waals surface area contributed by atoms with Crippen molar-refractivity contribution in [3.8, 4) is 16.2 Å². The Morgan fingerprint density at radius 3 is 2.67 bits per heavy atom. The maximum atomic E-state index is 6.24. The third-order valence-corrected chi connectivity index (χ3v) is 5.08. The first-order valence-corrected chi connectivity index (χ1v) is 8.99. The third-order valence-electron chi connectivity index (χ3n) is 3.72. The molecule has 3 nitrogen and oxygen atoms in total. The molecule has 0 unspecified atom stereocenters. The summed E-state index contributed by atoms with van der Waals surface area (Å²) in [6.07, 6.45) is 2.87. The lowest BCUT2D eigenvalue weighted by atomic mass is 10.1. The summed E-state index contributed by atoms with van der Waals surface area (Å²) >= 11 is 7.92. The largest absolute Gasteiger partial charge is 0.497 e. The number of nitrogens with one attached hydrogen (secondary N) is 1. The van der Waals surface area contributed by atoms with E-state index in [1.165, 1.54) is 5.56 Å². The molecule has 0 amide bonds. The number of rotatable bonds is 7. The highest BCUT2D eigenvalue weighted by molar-refractivity contribution is 7.15. The fraction of sp³-hybridized carbons (Fsp3) is 0.211. The van der Waals surface area contributed by atoms with E-state index < -0.39 is 0 Å². The molecule has 0 aliphatic heterocycles. The van der Waals surface area contributed by atoms with E-state index in [4.69, 9.17) is 16.3 Å². The molecular formula is C19H19ClN2OS. The lowest BCUT2D eigenvalue weighted by Gasteiger charge is -2.04. The van der Waals surface area contributed by atoms with Gasteiger partial charge in [0.15, 0.2) is 0 Å². The zero-order valence-corrected chi connectivity index (χ0v) is 15.0. The summed E-state index contributed by atoms with van der Waals surface area (Å²) in [5.41, 5.74) is 2.33. The van der Waals surface area contributed by atoms with Crippen LogP contribution >= 0.6 is 22.9 Å². The van der Waals surface area contributed by atoms with Gasteiger partial charge in [0.05, 0.1) is 12.0 Å². The van der Waals surface area contributed by atoms with Crippen LogP contribution in [0.15, 0.2) is 54.7 Å². The van der Waals surface area contributed by atoms with Gasteiger partial charge in [-0.1, -0.05) is 41.9 Å². The molecule has 0 fully saturated rings. The van der Waals surface area contributed by atoms with E-state index in [-0.39, 0.29) is 0 Å². The van der Waals surface area contributed by atoms with Crippen LogP contribution in [0.1, 0.15) is 10.6 Å². The summed E-state index contributed by atoms with van der Waals surface area (Å²) < 4.78 is 5.17. The van der Waals surface area contributed by atoms with E-state index in [9.17, 15) is 0 Å². The highest BCUT2D eigenvalue weighted by Crippen LogP contribution is 2.31. The monoisotopic (exact) mass is 358 g/mol. The lowest BCUT2D eigenvalue weighted by molar-refractivity contribution is 0.414. The standard InChI is InChI=1S/C19H19ClN2OS/c1-23-15-8-6-14(7-9-15)10-11-21-13-19-22-12-18(24-19)16-4-2-3-5-17(16)20/h2-9,12,21H,10-11,13H2,1H3. The molecular weight excluding hydrogens is 340 g/mol. The van der Waals surface area contributed by atoms with Crippen LogP contribution in [0.4, 0.5) is 0 Å². The van der Waals surface area contributed by atoms with Gasteiger partial charge in [0.2, 0.25) is 0 Å². The van der Waals surface area contributed by atoms with Gasteiger partial charge in [-0.05, 0) is 36.7 Å². The van der Waals surface area contributed by atoms with Crippen molar-refractivity contribution in [1.82, 2.24) is 10.3 Å². The normalized spacial score (nSPS) is 10.8. The Balaban J connectivity index is 1.50. The number of methoxy groups -OCH3 is 1. The van der Waals surface area contributed by atoms with Gasteiger partial charge in [-0.2, -0.15) is 0 Å². The van der Waals surface area contributed by atoms with Crippen LogP contribution in [0.2, 0.25) is 5.02 Å². The van der Waals surface area contributed by atoms with E-state index >= 15 is 0 Å². The Kier molecular flexibility index (Phi) is 5.86. The molecule has 2 aromatic carbocycles. The number of benzene rings is 2. The molecule has 0 aliphatic carbocycles. The fourth-order valence-electron chi connectivity index (χ4n) is 2.40. The molecule has 1 aromatic heterocycles. The zero-order chi connectivity index (χ0) is 16.8. The van der Waals surface area contributed by atoms with Crippen LogP contribution in [0.5, 0.6) is 5.75 Å². The van der Waals surface area contributed by atoms with Crippen LogP contribution in [0, 0.1) is 0 Å². The number of hydrogen-bond acceptors (Lipinski definition) is 4. The van der Waals surface area contributed by atoms with Crippen LogP contribution in [0.25, 0.3) is 10.4 Å². The average molecular weight is 359 g/mol. The van der Waals surface area contributed by atoms with Crippen molar-refractivity contribution in [3.63, 3.8) is 0 Å². The van der Waals surface area contributed by atoms with Gasteiger partial charge in [0.25, 0.3) is 0 Å². The fourth-order valence-corrected chi connectivity index (χ4v) is 3.62. The molecule has 0 saturated heterocycles. The molecule has 5 heteroatoms. The van der Waals surface area contributed by atoms with E-state index in [0.29, 0.717) is 0 Å². The number of aromatic nitrogens is 1. The van der Waals surface area contributed by atoms with Crippen LogP contribution < -0.4 is 10.1 Å². The van der Waals surface area contributed by atoms with Gasteiger partial charge < -0.3 is 10.1 Å². The first kappa shape index (κ1) is 17.0. The maximum Gasteiger partial charge on any atom is 0.118 e. The van der Waals surface area contributed by atoms with Crippen molar-refractivity contribution in [2.75, 3.05) is 13.7 Å². The summed E-state index contributed by atoms with van der Waals surface area (Å²) in [6, 6.07) is 16.0. The molecule has 124 valence electrons. The molecule has 0 bridgehead atoms. The molecule has 0 aliphatic rings. The minimum atomic E-state index is 0.764. The Morgan fingerprint density at radius 1 is 1.12 bits per heavy atom. The van der Waals surface area contributed by atoms with Gasteiger partial charge in [0.1, 0.15) is 10.8 Å². The Morgan fingerprint density at radius 2 is 1.92 bits per heavy atom. The van der Waals surface area contributed by atoms with Gasteiger partial charge in [-0.15, -0.1) is 11.3 Å². The van der Waals surface area contributed by atoms with E-state index in [1.54, 1.807) is 18.4 Å². The summed E-state index contributed by atoms with van der Waals surface area (Å²) in [5.74, 6) is 0.890. The number of nitrogens with zero attached hydrogens (tertiary/aromatic N) is 1. The van der Waals surface area contributed by atoms with Crippen LogP contribution in [-0.2, 0) is 13.0 Å². The Bertz CT molecular complexity index is 786. The first-order valence-electron chi connectivity index (χ1n) is 7.79. The second-order valence-electron chi connectivity index (χ2n) is 5.37. The second kappa shape index (κ2) is 8.29. The number of hydrogen-bond donors (Lipinski definition) is 1. The molecule has 0 saturated carbocycles. The summed E-state index contributed by atoms with van der Waals surface area (Å²) in [4.78, 5) is 5.59. The quantitative estimate of drug-likeness (QED) is 0.616. The van der Waals surface area contributed by atoms with Crippen LogP contribution in [-0.4, -0.2) is 18.6 Å². The van der Waals surface area contributed by atoms with Crippen molar-refractivity contribution in [2.24, 2.45) is 0 Å². The van der Waals surface area contributed by atoms with Gasteiger partial charge in [-0.25, -0.2) is 4.98 Å². The molecule has 0 radical (unpaired) electrons. The number of halogens is 1. The minimum absolute atomic E-state index is 0.764. The first-order chi connectivity index (χ1) is 11.8. The predicted molar refractivity (Wildman–Crippen MR) is 101 cm³/mol. The van der Waals surface area contributed by atoms with Gasteiger partial charge >= 0.3 is 0 Å². The SMILES string of the molecule is COc1ccc(CCNCc2ncc(-c3ccccc3Cl)s2)cc1. The van der Waals surface area contributed by atoms with Crippen molar-refractivity contribution in [2.45, 2.75) is 13.0 Å². The average Bonchev–Trinajstić information content (AvgIpc) is 3.08. The van der Waals surface area contributed by atoms with Crippen LogP contribution in [0.3, 0.4) is 0 Å². The smallest absolute Gasteiger partial charge is 0.118 e. The third kappa shape index (κ3) is 4.35. The van der Waals surface area contributed by atoms with Gasteiger partial charge in [0, 0.05) is 23.3 Å². The molecule has 3 aromatic rings. The van der Waals surface area contributed by atoms with E-state index in [1.807, 2.05) is 42.6 Å². The zero-order valence-electron chi connectivity index (χ0n) is 13.5. The maximum absolute atomic E-state index is 6.24. The van der Waals surface area contributed by atoms with Crippen molar-refractivity contribution in [3.05, 3.63) is 70.3 Å². The Labute approximate surface area is 151 Å². The molecule has 24 heavy (non-hydrogen) atoms. The highest BCUT2D eigenvalue weighted by atomic mass is 35.5. The predicted octanol–water partition coefficient (Wildman–Crippen LogP) is 4.80. The molecule has 1 N–H and O–H groups in total. The summed E-state index contributed by atoms with van der Waals surface area (Å²) in [6.45, 7) is 1.68. The molecule has 1 heterocycles. The second-order valence-corrected chi connectivity index (χ2v) is 6.90. The Hall–Kier alpha value is -1.88. The molecule has 3 rings (SSSR count). The minimum Gasteiger partial charge on any atom is -0.497 e. The highest BCUT2D eigenvalue weighted by Gasteiger charge is 2.07. The summed E-state index contributed by atoms with van der Waals surface area (Å²) in [7, 11) is 1.68. The lowest BCUT2D eigenvalue weighted by Crippen LogP contribution is -2.16. The molecule has 0 atom stereocenters. The van der Waals surface area contributed by atoms with Crippen molar-refractivity contribution >= 4 is 22.9 Å². The van der Waals surface area contributed by atoms with Crippen molar-refractivity contribution < 1.29 is 4.74 Å². The number of ether oxygens (including phenoxy) is 1. The number of thiazole rings is 1. The van der Waals surface area contributed by atoms with E-state index in [0.717, 1.165) is 45.7 Å². The topological polar surface area (TPSA) is 34.1 Å². The van der Waals surface area contributed by atoms with Crippen molar-refractivity contribution in [1.29, 1.82) is 0 Å².